The van der Waals surface area contributed by atoms with E-state index < -0.39 is 0 Å². The van der Waals surface area contributed by atoms with Gasteiger partial charge >= 0.3 is 0 Å². The summed E-state index contributed by atoms with van der Waals surface area (Å²) in [6, 6.07) is 67.0. The van der Waals surface area contributed by atoms with E-state index in [0.29, 0.717) is 17.5 Å². The SMILES string of the molecule is c1ccc(-c2nc(-c3ccccc3)nc(-c3cccc4oc5cc(-c6ccc7ccc(N(c8ccccc8)c8ccccc8)cc7c6)ccc5c34)n2)cc1. The van der Waals surface area contributed by atoms with E-state index in [4.69, 9.17) is 19.4 Å². The molecule has 0 aliphatic heterocycles. The Kier molecular flexibility index (Phi) is 7.73. The van der Waals surface area contributed by atoms with Crippen molar-refractivity contribution in [2.45, 2.75) is 0 Å². The van der Waals surface area contributed by atoms with Crippen molar-refractivity contribution in [1.29, 1.82) is 0 Å². The summed E-state index contributed by atoms with van der Waals surface area (Å²) in [6.45, 7) is 0. The third kappa shape index (κ3) is 5.74. The topological polar surface area (TPSA) is 55.1 Å². The van der Waals surface area contributed by atoms with E-state index in [9.17, 15) is 0 Å². The molecule has 10 aromatic rings. The van der Waals surface area contributed by atoms with E-state index in [1.54, 1.807) is 0 Å². The van der Waals surface area contributed by atoms with Crippen molar-refractivity contribution in [2.75, 3.05) is 4.90 Å². The Morgan fingerprint density at radius 1 is 0.352 bits per heavy atom. The zero-order valence-corrected chi connectivity index (χ0v) is 29.2. The van der Waals surface area contributed by atoms with Gasteiger partial charge in [0.2, 0.25) is 0 Å². The molecule has 54 heavy (non-hydrogen) atoms. The summed E-state index contributed by atoms with van der Waals surface area (Å²) in [5.74, 6) is 1.86. The highest BCUT2D eigenvalue weighted by Crippen LogP contribution is 2.40. The maximum Gasteiger partial charge on any atom is 0.164 e. The first-order valence-electron chi connectivity index (χ1n) is 18.0. The van der Waals surface area contributed by atoms with Crippen molar-refractivity contribution < 1.29 is 4.42 Å². The zero-order valence-electron chi connectivity index (χ0n) is 29.2. The Morgan fingerprint density at radius 3 is 1.56 bits per heavy atom. The predicted molar refractivity (Wildman–Crippen MR) is 221 cm³/mol. The van der Waals surface area contributed by atoms with Gasteiger partial charge in [0.25, 0.3) is 0 Å². The third-order valence-electron chi connectivity index (χ3n) is 9.88. The van der Waals surface area contributed by atoms with Crippen molar-refractivity contribution in [2.24, 2.45) is 0 Å². The molecule has 0 aliphatic rings. The number of rotatable bonds is 7. The van der Waals surface area contributed by atoms with Crippen molar-refractivity contribution in [1.82, 2.24) is 15.0 Å². The molecule has 254 valence electrons. The third-order valence-corrected chi connectivity index (χ3v) is 9.88. The van der Waals surface area contributed by atoms with Gasteiger partial charge in [0.15, 0.2) is 17.5 Å². The summed E-state index contributed by atoms with van der Waals surface area (Å²) in [4.78, 5) is 17.2. The highest BCUT2D eigenvalue weighted by Gasteiger charge is 2.19. The van der Waals surface area contributed by atoms with Crippen LogP contribution in [-0.4, -0.2) is 15.0 Å². The average molecular weight is 693 g/mol. The first kappa shape index (κ1) is 31.4. The highest BCUT2D eigenvalue weighted by molar-refractivity contribution is 6.12. The van der Waals surface area contributed by atoms with E-state index in [1.165, 1.54) is 5.39 Å². The fourth-order valence-electron chi connectivity index (χ4n) is 7.27. The summed E-state index contributed by atoms with van der Waals surface area (Å²) < 4.78 is 6.56. The van der Waals surface area contributed by atoms with Crippen molar-refractivity contribution in [3.8, 4) is 45.3 Å². The molecule has 0 spiro atoms. The molecule has 2 aromatic heterocycles. The molecule has 0 amide bonds. The first-order valence-corrected chi connectivity index (χ1v) is 18.0. The molecule has 0 saturated carbocycles. The fraction of sp³-hybridized carbons (Fsp3) is 0. The Bertz CT molecular complexity index is 2830. The monoisotopic (exact) mass is 692 g/mol. The Balaban J connectivity index is 1.07. The number of hydrogen-bond acceptors (Lipinski definition) is 5. The molecular formula is C49H32N4O. The van der Waals surface area contributed by atoms with Gasteiger partial charge in [-0.25, -0.2) is 15.0 Å². The molecule has 5 nitrogen and oxygen atoms in total. The predicted octanol–water partition coefficient (Wildman–Crippen LogP) is 13.1. The summed E-state index contributed by atoms with van der Waals surface area (Å²) in [6.07, 6.45) is 0. The number of hydrogen-bond donors (Lipinski definition) is 0. The van der Waals surface area contributed by atoms with Gasteiger partial charge in [-0.15, -0.1) is 0 Å². The van der Waals surface area contributed by atoms with Crippen LogP contribution in [0.15, 0.2) is 199 Å². The molecule has 0 bridgehead atoms. The number of benzene rings is 8. The van der Waals surface area contributed by atoms with Gasteiger partial charge in [0.1, 0.15) is 11.2 Å². The second kappa shape index (κ2) is 13.3. The van der Waals surface area contributed by atoms with Crippen LogP contribution in [0.5, 0.6) is 0 Å². The summed E-state index contributed by atoms with van der Waals surface area (Å²) in [7, 11) is 0. The van der Waals surface area contributed by atoms with E-state index >= 15 is 0 Å². The lowest BCUT2D eigenvalue weighted by Gasteiger charge is -2.25. The maximum absolute atomic E-state index is 6.56. The van der Waals surface area contributed by atoms with Crippen LogP contribution in [0.2, 0.25) is 0 Å². The number of fused-ring (bicyclic) bond motifs is 4. The molecule has 0 unspecified atom stereocenters. The van der Waals surface area contributed by atoms with Gasteiger partial charge in [-0.2, -0.15) is 0 Å². The summed E-state index contributed by atoms with van der Waals surface area (Å²) >= 11 is 0. The van der Waals surface area contributed by atoms with Gasteiger partial charge in [-0.3, -0.25) is 0 Å². The van der Waals surface area contributed by atoms with Crippen LogP contribution in [0.4, 0.5) is 17.1 Å². The molecule has 0 atom stereocenters. The molecule has 8 aromatic carbocycles. The number of aromatic nitrogens is 3. The van der Waals surface area contributed by atoms with Crippen molar-refractivity contribution in [3.63, 3.8) is 0 Å². The van der Waals surface area contributed by atoms with Crippen LogP contribution in [0.3, 0.4) is 0 Å². The Hall–Kier alpha value is -7.37. The molecular weight excluding hydrogens is 661 g/mol. The molecule has 10 rings (SSSR count). The average Bonchev–Trinajstić information content (AvgIpc) is 3.63. The molecule has 2 heterocycles. The molecule has 0 fully saturated rings. The molecule has 0 aliphatic carbocycles. The molecule has 0 saturated heterocycles. The van der Waals surface area contributed by atoms with Crippen LogP contribution in [0, 0.1) is 0 Å². The van der Waals surface area contributed by atoms with Gasteiger partial charge < -0.3 is 9.32 Å². The summed E-state index contributed by atoms with van der Waals surface area (Å²) in [5.41, 5.74) is 9.87. The van der Waals surface area contributed by atoms with Gasteiger partial charge in [0.05, 0.1) is 0 Å². The fourth-order valence-corrected chi connectivity index (χ4v) is 7.27. The van der Waals surface area contributed by atoms with E-state index in [1.807, 2.05) is 72.8 Å². The van der Waals surface area contributed by atoms with Crippen LogP contribution in [0.1, 0.15) is 0 Å². The molecule has 0 N–H and O–H groups in total. The minimum atomic E-state index is 0.602. The van der Waals surface area contributed by atoms with Crippen molar-refractivity contribution >= 4 is 49.8 Å². The second-order valence-corrected chi connectivity index (χ2v) is 13.3. The zero-order chi connectivity index (χ0) is 35.8. The number of furan rings is 1. The minimum absolute atomic E-state index is 0.602. The van der Waals surface area contributed by atoms with Gasteiger partial charge in [-0.05, 0) is 82.6 Å². The lowest BCUT2D eigenvalue weighted by atomic mass is 9.98. The quantitative estimate of drug-likeness (QED) is 0.166. The highest BCUT2D eigenvalue weighted by atomic mass is 16.3. The van der Waals surface area contributed by atoms with E-state index in [-0.39, 0.29) is 0 Å². The Labute approximate surface area is 312 Å². The van der Waals surface area contributed by atoms with Gasteiger partial charge in [-0.1, -0.05) is 133 Å². The number of para-hydroxylation sites is 2. The van der Waals surface area contributed by atoms with E-state index in [0.717, 1.165) is 72.2 Å². The first-order chi connectivity index (χ1) is 26.7. The summed E-state index contributed by atoms with van der Waals surface area (Å²) in [5, 5.41) is 4.33. The maximum atomic E-state index is 6.56. The standard InChI is InChI=1S/C49H32N4O/c1-5-14-34(15-6-1)47-50-48(35-16-7-2-8-17-35)52-49(51-47)43-22-13-23-44-46(43)42-29-27-37(32-45(42)54-44)36-25-24-33-26-28-41(31-38(33)30-36)53(39-18-9-3-10-19-39)40-20-11-4-12-21-40/h1-32H. The molecule has 5 heteroatoms. The lowest BCUT2D eigenvalue weighted by molar-refractivity contribution is 0.669. The molecule has 0 radical (unpaired) electrons. The largest absolute Gasteiger partial charge is 0.456 e. The van der Waals surface area contributed by atoms with Crippen LogP contribution >= 0.6 is 0 Å². The smallest absolute Gasteiger partial charge is 0.164 e. The Morgan fingerprint density at radius 2 is 0.907 bits per heavy atom. The van der Waals surface area contributed by atoms with Crippen LogP contribution in [-0.2, 0) is 0 Å². The number of anilines is 3. The second-order valence-electron chi connectivity index (χ2n) is 13.3. The van der Waals surface area contributed by atoms with Gasteiger partial charge in [0, 0.05) is 44.5 Å². The van der Waals surface area contributed by atoms with Crippen LogP contribution < -0.4 is 4.90 Å². The minimum Gasteiger partial charge on any atom is -0.456 e. The normalized spacial score (nSPS) is 11.3. The number of nitrogens with zero attached hydrogens (tertiary/aromatic N) is 4. The lowest BCUT2D eigenvalue weighted by Crippen LogP contribution is -2.09. The van der Waals surface area contributed by atoms with E-state index in [2.05, 4.69) is 126 Å². The van der Waals surface area contributed by atoms with Crippen molar-refractivity contribution in [3.05, 3.63) is 194 Å². The van der Waals surface area contributed by atoms with Crippen LogP contribution in [0.25, 0.3) is 78.0 Å².